The highest BCUT2D eigenvalue weighted by molar-refractivity contribution is 7.80. The molecule has 0 aromatic rings. The van der Waals surface area contributed by atoms with Gasteiger partial charge in [-0.05, 0) is 46.5 Å². The monoisotopic (exact) mass is 229 g/mol. The van der Waals surface area contributed by atoms with Crippen molar-refractivity contribution in [3.63, 3.8) is 0 Å². The van der Waals surface area contributed by atoms with Crippen LogP contribution >= 0.6 is 12.2 Å². The van der Waals surface area contributed by atoms with Gasteiger partial charge in [-0.3, -0.25) is 5.32 Å². The lowest BCUT2D eigenvalue weighted by atomic mass is 9.88. The Hall–Kier alpha value is -0.350. The molecule has 1 atom stereocenters. The predicted octanol–water partition coefficient (Wildman–Crippen LogP) is 1.69. The van der Waals surface area contributed by atoms with Crippen LogP contribution in [0.25, 0.3) is 0 Å². The molecule has 0 spiro atoms. The summed E-state index contributed by atoms with van der Waals surface area (Å²) in [4.78, 5) is 2.23. The summed E-state index contributed by atoms with van der Waals surface area (Å²) in [6, 6.07) is 0. The minimum absolute atomic E-state index is 0.0185. The third-order valence-electron chi connectivity index (χ3n) is 2.95. The summed E-state index contributed by atoms with van der Waals surface area (Å²) in [6.07, 6.45) is 1.04. The van der Waals surface area contributed by atoms with Gasteiger partial charge >= 0.3 is 0 Å². The van der Waals surface area contributed by atoms with Crippen LogP contribution in [-0.2, 0) is 0 Å². The minimum atomic E-state index is -0.0185. The van der Waals surface area contributed by atoms with E-state index in [1.165, 1.54) is 0 Å². The predicted molar refractivity (Wildman–Crippen MR) is 68.9 cm³/mol. The Labute approximate surface area is 98.6 Å². The van der Waals surface area contributed by atoms with Crippen molar-refractivity contribution in [1.82, 2.24) is 15.5 Å². The van der Waals surface area contributed by atoms with E-state index >= 15 is 0 Å². The molecule has 1 aliphatic rings. The molecular formula is C11H23N3S. The average Bonchev–Trinajstić information content (AvgIpc) is 2.00. The summed E-state index contributed by atoms with van der Waals surface area (Å²) in [7, 11) is 0. The van der Waals surface area contributed by atoms with E-state index in [4.69, 9.17) is 12.2 Å². The highest BCUT2D eigenvalue weighted by Gasteiger charge is 2.42. The van der Waals surface area contributed by atoms with Gasteiger partial charge in [-0.25, -0.2) is 0 Å². The minimum Gasteiger partial charge on any atom is -0.358 e. The third kappa shape index (κ3) is 2.61. The zero-order chi connectivity index (χ0) is 11.7. The van der Waals surface area contributed by atoms with E-state index in [9.17, 15) is 0 Å². The van der Waals surface area contributed by atoms with Crippen LogP contribution in [0.3, 0.4) is 0 Å². The molecule has 1 aliphatic heterocycles. The third-order valence-corrected chi connectivity index (χ3v) is 3.27. The lowest BCUT2D eigenvalue weighted by Crippen LogP contribution is -2.71. The van der Waals surface area contributed by atoms with Crippen molar-refractivity contribution in [3.05, 3.63) is 0 Å². The maximum Gasteiger partial charge on any atom is 0.170 e. The lowest BCUT2D eigenvalue weighted by molar-refractivity contribution is 0.0816. The second-order valence-electron chi connectivity index (χ2n) is 5.04. The lowest BCUT2D eigenvalue weighted by Gasteiger charge is -2.52. The standard InChI is InChI=1S/C11H23N3S/c1-6-12-11(5)8-10(3,4)13-9(15)14(11)7-2/h12H,6-8H2,1-5H3,(H,13,15). The molecular weight excluding hydrogens is 206 g/mol. The number of hydrogen-bond acceptors (Lipinski definition) is 2. The van der Waals surface area contributed by atoms with E-state index in [0.29, 0.717) is 0 Å². The molecule has 2 N–H and O–H groups in total. The summed E-state index contributed by atoms with van der Waals surface area (Å²) < 4.78 is 0. The molecule has 1 heterocycles. The quantitative estimate of drug-likeness (QED) is 0.720. The van der Waals surface area contributed by atoms with Crippen LogP contribution in [-0.4, -0.2) is 34.3 Å². The van der Waals surface area contributed by atoms with Crippen molar-refractivity contribution in [2.24, 2.45) is 0 Å². The zero-order valence-electron chi connectivity index (χ0n) is 10.5. The van der Waals surface area contributed by atoms with Gasteiger partial charge in [-0.15, -0.1) is 0 Å². The Morgan fingerprint density at radius 2 is 2.00 bits per heavy atom. The van der Waals surface area contributed by atoms with Crippen LogP contribution in [0.1, 0.15) is 41.0 Å². The molecule has 1 fully saturated rings. The van der Waals surface area contributed by atoms with Crippen LogP contribution in [0.15, 0.2) is 0 Å². The van der Waals surface area contributed by atoms with Gasteiger partial charge < -0.3 is 10.2 Å². The van der Waals surface area contributed by atoms with Gasteiger partial charge in [0, 0.05) is 18.5 Å². The number of rotatable bonds is 3. The SMILES string of the molecule is CCNC1(C)CC(C)(C)NC(=S)N1CC. The highest BCUT2D eigenvalue weighted by atomic mass is 32.1. The van der Waals surface area contributed by atoms with Crippen molar-refractivity contribution in [1.29, 1.82) is 0 Å². The first-order valence-electron chi connectivity index (χ1n) is 5.69. The number of thiocarbonyl (C=S) groups is 1. The first-order valence-corrected chi connectivity index (χ1v) is 6.10. The summed E-state index contributed by atoms with van der Waals surface area (Å²) in [5, 5.41) is 7.79. The first kappa shape index (κ1) is 12.7. The molecule has 0 aliphatic carbocycles. The zero-order valence-corrected chi connectivity index (χ0v) is 11.3. The molecule has 0 aromatic heterocycles. The number of nitrogens with one attached hydrogen (secondary N) is 2. The van der Waals surface area contributed by atoms with Crippen molar-refractivity contribution in [2.75, 3.05) is 13.1 Å². The van der Waals surface area contributed by atoms with E-state index in [1.807, 2.05) is 0 Å². The molecule has 3 nitrogen and oxygen atoms in total. The van der Waals surface area contributed by atoms with E-state index in [-0.39, 0.29) is 11.2 Å². The fraction of sp³-hybridized carbons (Fsp3) is 0.909. The Bertz CT molecular complexity index is 252. The van der Waals surface area contributed by atoms with E-state index in [0.717, 1.165) is 24.6 Å². The van der Waals surface area contributed by atoms with Gasteiger partial charge in [0.15, 0.2) is 5.11 Å². The molecule has 15 heavy (non-hydrogen) atoms. The fourth-order valence-electron chi connectivity index (χ4n) is 2.61. The second-order valence-corrected chi connectivity index (χ2v) is 5.43. The number of hydrogen-bond donors (Lipinski definition) is 2. The molecule has 1 unspecified atom stereocenters. The van der Waals surface area contributed by atoms with Crippen molar-refractivity contribution in [2.45, 2.75) is 52.2 Å². The van der Waals surface area contributed by atoms with Crippen LogP contribution < -0.4 is 10.6 Å². The summed E-state index contributed by atoms with van der Waals surface area (Å²) in [5.41, 5.74) is 0.0506. The van der Waals surface area contributed by atoms with E-state index in [2.05, 4.69) is 50.2 Å². The average molecular weight is 229 g/mol. The Kier molecular flexibility index (Phi) is 3.61. The van der Waals surface area contributed by atoms with Gasteiger partial charge in [0.25, 0.3) is 0 Å². The topological polar surface area (TPSA) is 27.3 Å². The van der Waals surface area contributed by atoms with Crippen molar-refractivity contribution >= 4 is 17.3 Å². The van der Waals surface area contributed by atoms with Crippen LogP contribution in [0.4, 0.5) is 0 Å². The molecule has 4 heteroatoms. The van der Waals surface area contributed by atoms with E-state index in [1.54, 1.807) is 0 Å². The van der Waals surface area contributed by atoms with Gasteiger partial charge in [0.2, 0.25) is 0 Å². The summed E-state index contributed by atoms with van der Waals surface area (Å²) in [6.45, 7) is 12.8. The van der Waals surface area contributed by atoms with Gasteiger partial charge in [-0.1, -0.05) is 6.92 Å². The molecule has 0 bridgehead atoms. The molecule has 0 saturated carbocycles. The fourth-order valence-corrected chi connectivity index (χ4v) is 3.22. The van der Waals surface area contributed by atoms with Crippen LogP contribution in [0.2, 0.25) is 0 Å². The van der Waals surface area contributed by atoms with Crippen molar-refractivity contribution < 1.29 is 0 Å². The Morgan fingerprint density at radius 3 is 2.47 bits per heavy atom. The second kappa shape index (κ2) is 4.26. The molecule has 1 rings (SSSR count). The van der Waals surface area contributed by atoms with Gasteiger partial charge in [0.1, 0.15) is 0 Å². The maximum atomic E-state index is 5.41. The summed E-state index contributed by atoms with van der Waals surface area (Å²) >= 11 is 5.41. The Morgan fingerprint density at radius 1 is 1.40 bits per heavy atom. The van der Waals surface area contributed by atoms with Gasteiger partial charge in [0.05, 0.1) is 5.66 Å². The molecule has 88 valence electrons. The first-order chi connectivity index (χ1) is 6.84. The molecule has 0 amide bonds. The smallest absolute Gasteiger partial charge is 0.170 e. The Balaban J connectivity index is 2.93. The molecule has 0 radical (unpaired) electrons. The van der Waals surface area contributed by atoms with E-state index < -0.39 is 0 Å². The van der Waals surface area contributed by atoms with Crippen LogP contribution in [0, 0.1) is 0 Å². The largest absolute Gasteiger partial charge is 0.358 e. The van der Waals surface area contributed by atoms with Crippen molar-refractivity contribution in [3.8, 4) is 0 Å². The molecule has 0 aromatic carbocycles. The van der Waals surface area contributed by atoms with Gasteiger partial charge in [-0.2, -0.15) is 0 Å². The highest BCUT2D eigenvalue weighted by Crippen LogP contribution is 2.28. The number of nitrogens with zero attached hydrogens (tertiary/aromatic N) is 1. The van der Waals surface area contributed by atoms with Crippen LogP contribution in [0.5, 0.6) is 0 Å². The normalized spacial score (nSPS) is 30.2. The maximum absolute atomic E-state index is 5.41. The molecule has 1 saturated heterocycles. The summed E-state index contributed by atoms with van der Waals surface area (Å²) in [5.74, 6) is 0.